The number of benzene rings is 2. The molecule has 4 atom stereocenters. The van der Waals surface area contributed by atoms with Gasteiger partial charge >= 0.3 is 0 Å². The van der Waals surface area contributed by atoms with Crippen LogP contribution in [0.25, 0.3) is 0 Å². The molecule has 2 amide bonds. The van der Waals surface area contributed by atoms with Crippen LogP contribution in [0.5, 0.6) is 5.75 Å². The molecule has 4 rings (SSSR count). The maximum Gasteiger partial charge on any atom is 0.258 e. The van der Waals surface area contributed by atoms with E-state index in [1.54, 1.807) is 38.1 Å². The van der Waals surface area contributed by atoms with E-state index in [1.807, 2.05) is 0 Å². The van der Waals surface area contributed by atoms with E-state index in [1.165, 1.54) is 12.1 Å². The summed E-state index contributed by atoms with van der Waals surface area (Å²) in [7, 11) is 0. The maximum atomic E-state index is 13.5. The maximum absolute atomic E-state index is 13.5. The third kappa shape index (κ3) is 5.31. The standard InChI is InChI=1S/C25H28ClFN2O4/c1-25(2,32)15-5-3-14(4-6-15)24(31)29-22-12-21(17-8-9-18(17)22)28-23(30)13-33-16-7-10-19(26)20(27)11-16/h3-7,10-11,17-18,21-22,32H,8-9,12-13H2,1-2H3,(H,28,30)(H,29,31)/t17?,18?,21-,22?/m0/s1. The molecular formula is C25H28ClFN2O4. The molecule has 6 nitrogen and oxygen atoms in total. The van der Waals surface area contributed by atoms with Crippen LogP contribution in [0.4, 0.5) is 4.39 Å². The molecule has 0 radical (unpaired) electrons. The summed E-state index contributed by atoms with van der Waals surface area (Å²) in [5.41, 5.74) is 0.316. The van der Waals surface area contributed by atoms with E-state index < -0.39 is 11.4 Å². The van der Waals surface area contributed by atoms with Gasteiger partial charge in [-0.05, 0) is 74.8 Å². The first-order chi connectivity index (χ1) is 15.6. The quantitative estimate of drug-likeness (QED) is 0.569. The fraction of sp³-hybridized carbons (Fsp3) is 0.440. The first kappa shape index (κ1) is 23.5. The third-order valence-corrected chi connectivity index (χ3v) is 7.01. The van der Waals surface area contributed by atoms with Gasteiger partial charge in [0, 0.05) is 23.7 Å². The average Bonchev–Trinajstić information content (AvgIpc) is 2.95. The van der Waals surface area contributed by atoms with E-state index >= 15 is 0 Å². The Kier molecular flexibility index (Phi) is 6.64. The van der Waals surface area contributed by atoms with Gasteiger partial charge in [0.15, 0.2) is 6.61 Å². The number of carbonyl (C=O) groups excluding carboxylic acids is 2. The summed E-state index contributed by atoms with van der Waals surface area (Å²) in [6.45, 7) is 3.18. The van der Waals surface area contributed by atoms with Crippen molar-refractivity contribution in [3.05, 3.63) is 64.4 Å². The first-order valence-electron chi connectivity index (χ1n) is 11.1. The molecule has 33 heavy (non-hydrogen) atoms. The van der Waals surface area contributed by atoms with Gasteiger partial charge in [-0.3, -0.25) is 9.59 Å². The van der Waals surface area contributed by atoms with Gasteiger partial charge in [-0.2, -0.15) is 0 Å². The van der Waals surface area contributed by atoms with Crippen LogP contribution in [0.3, 0.4) is 0 Å². The van der Waals surface area contributed by atoms with E-state index in [4.69, 9.17) is 16.3 Å². The van der Waals surface area contributed by atoms with Crippen molar-refractivity contribution < 1.29 is 23.8 Å². The predicted octanol–water partition coefficient (Wildman–Crippen LogP) is 3.80. The van der Waals surface area contributed by atoms with E-state index in [0.717, 1.165) is 24.5 Å². The van der Waals surface area contributed by atoms with Gasteiger partial charge in [0.05, 0.1) is 10.6 Å². The minimum Gasteiger partial charge on any atom is -0.484 e. The molecular weight excluding hydrogens is 447 g/mol. The van der Waals surface area contributed by atoms with Gasteiger partial charge < -0.3 is 20.5 Å². The van der Waals surface area contributed by atoms with Crippen LogP contribution in [0.1, 0.15) is 49.0 Å². The fourth-order valence-corrected chi connectivity index (χ4v) is 4.87. The molecule has 0 bridgehead atoms. The van der Waals surface area contributed by atoms with Crippen LogP contribution < -0.4 is 15.4 Å². The molecule has 0 aromatic heterocycles. The second-order valence-electron chi connectivity index (χ2n) is 9.40. The molecule has 0 spiro atoms. The summed E-state index contributed by atoms with van der Waals surface area (Å²) < 4.78 is 18.9. The zero-order valence-corrected chi connectivity index (χ0v) is 19.4. The number of halogens is 2. The second-order valence-corrected chi connectivity index (χ2v) is 9.80. The van der Waals surface area contributed by atoms with Gasteiger partial charge in [-0.25, -0.2) is 4.39 Å². The highest BCUT2D eigenvalue weighted by molar-refractivity contribution is 6.30. The van der Waals surface area contributed by atoms with Gasteiger partial charge in [0.1, 0.15) is 11.6 Å². The zero-order valence-electron chi connectivity index (χ0n) is 18.6. The van der Waals surface area contributed by atoms with E-state index in [9.17, 15) is 19.1 Å². The number of nitrogens with one attached hydrogen (secondary N) is 2. The fourth-order valence-electron chi connectivity index (χ4n) is 4.75. The SMILES string of the molecule is CC(C)(O)c1ccc(C(=O)NC2C[C@H](NC(=O)COc3ccc(Cl)c(F)c3)C3CCC23)cc1. The van der Waals surface area contributed by atoms with E-state index in [2.05, 4.69) is 10.6 Å². The minimum absolute atomic E-state index is 0.00458. The van der Waals surface area contributed by atoms with E-state index in [0.29, 0.717) is 23.8 Å². The smallest absolute Gasteiger partial charge is 0.258 e. The van der Waals surface area contributed by atoms with Crippen molar-refractivity contribution in [3.63, 3.8) is 0 Å². The summed E-state index contributed by atoms with van der Waals surface area (Å²) in [6, 6.07) is 10.9. The monoisotopic (exact) mass is 474 g/mol. The molecule has 2 aliphatic rings. The van der Waals surface area contributed by atoms with Crippen molar-refractivity contribution in [1.82, 2.24) is 10.6 Å². The molecule has 2 aromatic rings. The molecule has 8 heteroatoms. The normalized spacial score (nSPS) is 23.9. The van der Waals surface area contributed by atoms with Crippen LogP contribution in [-0.4, -0.2) is 35.6 Å². The van der Waals surface area contributed by atoms with Crippen molar-refractivity contribution in [3.8, 4) is 5.75 Å². The summed E-state index contributed by atoms with van der Waals surface area (Å²) >= 11 is 5.66. The highest BCUT2D eigenvalue weighted by atomic mass is 35.5. The lowest BCUT2D eigenvalue weighted by Gasteiger charge is -2.36. The highest BCUT2D eigenvalue weighted by Crippen LogP contribution is 2.47. The lowest BCUT2D eigenvalue weighted by Crippen LogP contribution is -2.44. The Bertz CT molecular complexity index is 1040. The molecule has 2 aromatic carbocycles. The number of amides is 2. The average molecular weight is 475 g/mol. The van der Waals surface area contributed by atoms with Crippen LogP contribution in [0.2, 0.25) is 5.02 Å². The summed E-state index contributed by atoms with van der Waals surface area (Å²) in [5, 5.41) is 16.2. The molecule has 0 aliphatic heterocycles. The van der Waals surface area contributed by atoms with Crippen LogP contribution in [-0.2, 0) is 10.4 Å². The Morgan fingerprint density at radius 2 is 1.73 bits per heavy atom. The van der Waals surface area contributed by atoms with Crippen LogP contribution in [0.15, 0.2) is 42.5 Å². The van der Waals surface area contributed by atoms with Gasteiger partial charge in [0.2, 0.25) is 0 Å². The number of ether oxygens (including phenoxy) is 1. The highest BCUT2D eigenvalue weighted by Gasteiger charge is 2.49. The minimum atomic E-state index is -0.962. The van der Waals surface area contributed by atoms with E-state index in [-0.39, 0.29) is 41.3 Å². The molecule has 0 saturated heterocycles. The van der Waals surface area contributed by atoms with Crippen molar-refractivity contribution in [2.45, 2.75) is 50.8 Å². The summed E-state index contributed by atoms with van der Waals surface area (Å²) in [6.07, 6.45) is 2.68. The van der Waals surface area contributed by atoms with Gasteiger partial charge in [-0.1, -0.05) is 23.7 Å². The molecule has 176 valence electrons. The van der Waals surface area contributed by atoms with Gasteiger partial charge in [-0.15, -0.1) is 0 Å². The summed E-state index contributed by atoms with van der Waals surface area (Å²) in [5.74, 6) is -0.147. The van der Waals surface area contributed by atoms with Crippen LogP contribution >= 0.6 is 11.6 Å². The molecule has 2 saturated carbocycles. The van der Waals surface area contributed by atoms with Crippen molar-refractivity contribution in [1.29, 1.82) is 0 Å². The topological polar surface area (TPSA) is 87.7 Å². The number of hydrogen-bond acceptors (Lipinski definition) is 4. The Labute approximate surface area is 197 Å². The lowest BCUT2D eigenvalue weighted by molar-refractivity contribution is -0.124. The number of rotatable bonds is 7. The molecule has 3 unspecified atom stereocenters. The largest absolute Gasteiger partial charge is 0.484 e. The van der Waals surface area contributed by atoms with Gasteiger partial charge in [0.25, 0.3) is 11.8 Å². The Hall–Kier alpha value is -2.64. The Balaban J connectivity index is 1.30. The number of carbonyl (C=O) groups is 2. The Morgan fingerprint density at radius 1 is 1.09 bits per heavy atom. The zero-order chi connectivity index (χ0) is 23.8. The van der Waals surface area contributed by atoms with Crippen molar-refractivity contribution >= 4 is 23.4 Å². The third-order valence-electron chi connectivity index (χ3n) is 6.70. The molecule has 2 fully saturated rings. The molecule has 0 heterocycles. The molecule has 2 aliphatic carbocycles. The number of fused-ring (bicyclic) bond motifs is 1. The number of hydrogen-bond donors (Lipinski definition) is 3. The van der Waals surface area contributed by atoms with Crippen molar-refractivity contribution in [2.24, 2.45) is 11.8 Å². The first-order valence-corrected chi connectivity index (χ1v) is 11.5. The predicted molar refractivity (Wildman–Crippen MR) is 123 cm³/mol. The molecule has 3 N–H and O–H groups in total. The van der Waals surface area contributed by atoms with Crippen LogP contribution in [0, 0.1) is 17.7 Å². The second kappa shape index (κ2) is 9.31. The number of aliphatic hydroxyl groups is 1. The summed E-state index contributed by atoms with van der Waals surface area (Å²) in [4.78, 5) is 25.2. The van der Waals surface area contributed by atoms with Crippen molar-refractivity contribution in [2.75, 3.05) is 6.61 Å². The lowest BCUT2D eigenvalue weighted by atomic mass is 9.73. The Morgan fingerprint density at radius 3 is 2.30 bits per heavy atom.